The fourth-order valence-corrected chi connectivity index (χ4v) is 1.98. The topological polar surface area (TPSA) is 79.2 Å². The van der Waals surface area contributed by atoms with Gasteiger partial charge in [-0.3, -0.25) is 4.68 Å². The molecule has 0 aliphatic rings. The first-order valence-electron chi connectivity index (χ1n) is 7.08. The van der Waals surface area contributed by atoms with Crippen LogP contribution < -0.4 is 10.6 Å². The van der Waals surface area contributed by atoms with Crippen LogP contribution in [-0.4, -0.2) is 34.0 Å². The van der Waals surface area contributed by atoms with Gasteiger partial charge in [-0.2, -0.15) is 5.10 Å². The lowest BCUT2D eigenvalue weighted by Crippen LogP contribution is -2.38. The van der Waals surface area contributed by atoms with Gasteiger partial charge in [0.05, 0.1) is 6.10 Å². The van der Waals surface area contributed by atoms with E-state index in [1.807, 2.05) is 12.3 Å². The van der Waals surface area contributed by atoms with Gasteiger partial charge < -0.3 is 15.7 Å². The number of aliphatic hydroxyl groups excluding tert-OH is 1. The van der Waals surface area contributed by atoms with E-state index in [0.29, 0.717) is 13.1 Å². The van der Waals surface area contributed by atoms with Gasteiger partial charge in [0, 0.05) is 37.6 Å². The number of hydrogen-bond donors (Lipinski definition) is 3. The van der Waals surface area contributed by atoms with Crippen molar-refractivity contribution in [1.82, 2.24) is 20.4 Å². The van der Waals surface area contributed by atoms with Crippen molar-refractivity contribution >= 4 is 6.03 Å². The van der Waals surface area contributed by atoms with Gasteiger partial charge in [0.2, 0.25) is 0 Å². The zero-order valence-electron chi connectivity index (χ0n) is 12.1. The first-order valence-corrected chi connectivity index (χ1v) is 7.08. The summed E-state index contributed by atoms with van der Waals surface area (Å²) in [7, 11) is 0. The van der Waals surface area contributed by atoms with Gasteiger partial charge in [-0.1, -0.05) is 18.2 Å². The number of amides is 2. The van der Waals surface area contributed by atoms with Gasteiger partial charge in [-0.05, 0) is 18.6 Å². The van der Waals surface area contributed by atoms with Crippen molar-refractivity contribution in [3.05, 3.63) is 54.1 Å². The van der Waals surface area contributed by atoms with Crippen molar-refractivity contribution in [3.63, 3.8) is 0 Å². The van der Waals surface area contributed by atoms with E-state index in [-0.39, 0.29) is 12.1 Å². The van der Waals surface area contributed by atoms with E-state index in [1.54, 1.807) is 23.0 Å². The van der Waals surface area contributed by atoms with Crippen LogP contribution in [0.2, 0.25) is 0 Å². The number of carbonyl (C=O) groups excluding carboxylic acids is 1. The summed E-state index contributed by atoms with van der Waals surface area (Å²) in [5, 5.41) is 19.1. The predicted molar refractivity (Wildman–Crippen MR) is 79.6 cm³/mol. The molecule has 0 fully saturated rings. The molecule has 1 heterocycles. The SMILES string of the molecule is O=C(NCCCn1cccn1)NCC(O)c1ccccc1F. The van der Waals surface area contributed by atoms with Crippen molar-refractivity contribution in [2.45, 2.75) is 19.1 Å². The number of aryl methyl sites for hydroxylation is 1. The van der Waals surface area contributed by atoms with Crippen LogP contribution in [-0.2, 0) is 6.54 Å². The van der Waals surface area contributed by atoms with Gasteiger partial charge >= 0.3 is 6.03 Å². The van der Waals surface area contributed by atoms with Crippen LogP contribution in [0.4, 0.5) is 9.18 Å². The molecule has 0 saturated carbocycles. The minimum atomic E-state index is -1.07. The normalized spacial score (nSPS) is 11.9. The molecule has 1 aromatic heterocycles. The van der Waals surface area contributed by atoms with Crippen LogP contribution in [0, 0.1) is 5.82 Å². The number of aliphatic hydroxyl groups is 1. The molecule has 6 nitrogen and oxygen atoms in total. The number of halogens is 1. The van der Waals surface area contributed by atoms with Gasteiger partial charge in [0.15, 0.2) is 0 Å². The Bertz CT molecular complexity index is 589. The molecule has 0 saturated heterocycles. The van der Waals surface area contributed by atoms with E-state index < -0.39 is 18.0 Å². The third-order valence-corrected chi connectivity index (χ3v) is 3.13. The number of hydrogen-bond acceptors (Lipinski definition) is 3. The maximum absolute atomic E-state index is 13.5. The summed E-state index contributed by atoms with van der Waals surface area (Å²) in [6.07, 6.45) is 3.22. The Morgan fingerprint density at radius 1 is 1.32 bits per heavy atom. The summed E-state index contributed by atoms with van der Waals surface area (Å²) in [6.45, 7) is 1.15. The molecule has 2 aromatic rings. The van der Waals surface area contributed by atoms with E-state index in [4.69, 9.17) is 0 Å². The van der Waals surface area contributed by atoms with Crippen molar-refractivity contribution < 1.29 is 14.3 Å². The monoisotopic (exact) mass is 306 g/mol. The molecule has 3 N–H and O–H groups in total. The number of aromatic nitrogens is 2. The lowest BCUT2D eigenvalue weighted by atomic mass is 10.1. The molecule has 1 atom stereocenters. The summed E-state index contributed by atoms with van der Waals surface area (Å²) < 4.78 is 15.2. The second-order valence-corrected chi connectivity index (χ2v) is 4.80. The molecule has 7 heteroatoms. The van der Waals surface area contributed by atoms with E-state index in [9.17, 15) is 14.3 Å². The molecule has 0 aliphatic heterocycles. The molecular weight excluding hydrogens is 287 g/mol. The molecule has 0 aliphatic carbocycles. The van der Waals surface area contributed by atoms with Crippen LogP contribution in [0.1, 0.15) is 18.1 Å². The van der Waals surface area contributed by atoms with E-state index in [2.05, 4.69) is 15.7 Å². The average Bonchev–Trinajstić information content (AvgIpc) is 3.03. The Kier molecular flexibility index (Phi) is 5.91. The second kappa shape index (κ2) is 8.14. The average molecular weight is 306 g/mol. The molecule has 1 unspecified atom stereocenters. The van der Waals surface area contributed by atoms with Gasteiger partial charge in [-0.25, -0.2) is 9.18 Å². The zero-order chi connectivity index (χ0) is 15.8. The highest BCUT2D eigenvalue weighted by Gasteiger charge is 2.12. The van der Waals surface area contributed by atoms with E-state index in [1.165, 1.54) is 12.1 Å². The van der Waals surface area contributed by atoms with Crippen LogP contribution in [0.25, 0.3) is 0 Å². The smallest absolute Gasteiger partial charge is 0.314 e. The summed E-state index contributed by atoms with van der Waals surface area (Å²) >= 11 is 0. The number of rotatable bonds is 7. The quantitative estimate of drug-likeness (QED) is 0.677. The van der Waals surface area contributed by atoms with Crippen molar-refractivity contribution in [1.29, 1.82) is 0 Å². The van der Waals surface area contributed by atoms with Gasteiger partial charge in [-0.15, -0.1) is 0 Å². The maximum Gasteiger partial charge on any atom is 0.314 e. The van der Waals surface area contributed by atoms with Gasteiger partial charge in [0.1, 0.15) is 5.82 Å². The number of nitrogens with one attached hydrogen (secondary N) is 2. The van der Waals surface area contributed by atoms with Crippen LogP contribution in [0.3, 0.4) is 0 Å². The highest BCUT2D eigenvalue weighted by Crippen LogP contribution is 2.15. The molecule has 0 bridgehead atoms. The predicted octanol–water partition coefficient (Wildman–Crippen LogP) is 1.45. The van der Waals surface area contributed by atoms with E-state index in [0.717, 1.165) is 6.42 Å². The lowest BCUT2D eigenvalue weighted by Gasteiger charge is -2.13. The number of nitrogens with zero attached hydrogens (tertiary/aromatic N) is 2. The van der Waals surface area contributed by atoms with Crippen molar-refractivity contribution in [2.24, 2.45) is 0 Å². The molecule has 2 rings (SSSR count). The minimum Gasteiger partial charge on any atom is -0.386 e. The Morgan fingerprint density at radius 3 is 2.86 bits per heavy atom. The van der Waals surface area contributed by atoms with Crippen molar-refractivity contribution in [3.8, 4) is 0 Å². The third kappa shape index (κ3) is 4.85. The molecule has 0 radical (unpaired) electrons. The molecule has 118 valence electrons. The Morgan fingerprint density at radius 2 is 2.14 bits per heavy atom. The Balaban J connectivity index is 1.64. The Labute approximate surface area is 128 Å². The fourth-order valence-electron chi connectivity index (χ4n) is 1.98. The van der Waals surface area contributed by atoms with Crippen LogP contribution >= 0.6 is 0 Å². The first-order chi connectivity index (χ1) is 10.7. The third-order valence-electron chi connectivity index (χ3n) is 3.13. The lowest BCUT2D eigenvalue weighted by molar-refractivity contribution is 0.169. The standard InChI is InChI=1S/C15H19FN4O2/c16-13-6-2-1-5-12(13)14(21)11-18-15(22)17-7-3-9-20-10-4-8-19-20/h1-2,4-6,8,10,14,21H,3,7,9,11H2,(H2,17,18,22). The zero-order valence-corrected chi connectivity index (χ0v) is 12.1. The number of urea groups is 1. The number of carbonyl (C=O) groups is 1. The molecule has 22 heavy (non-hydrogen) atoms. The second-order valence-electron chi connectivity index (χ2n) is 4.80. The van der Waals surface area contributed by atoms with Gasteiger partial charge in [0.25, 0.3) is 0 Å². The Hall–Kier alpha value is -2.41. The molecule has 1 aromatic carbocycles. The van der Waals surface area contributed by atoms with E-state index >= 15 is 0 Å². The molecule has 2 amide bonds. The van der Waals surface area contributed by atoms with Crippen LogP contribution in [0.15, 0.2) is 42.7 Å². The fraction of sp³-hybridized carbons (Fsp3) is 0.333. The first kappa shape index (κ1) is 16.0. The summed E-state index contributed by atoms with van der Waals surface area (Å²) in [6, 6.07) is 7.39. The van der Waals surface area contributed by atoms with Crippen molar-refractivity contribution in [2.75, 3.05) is 13.1 Å². The largest absolute Gasteiger partial charge is 0.386 e. The van der Waals surface area contributed by atoms with Crippen LogP contribution in [0.5, 0.6) is 0 Å². The summed E-state index contributed by atoms with van der Waals surface area (Å²) in [5.74, 6) is -0.489. The molecule has 0 spiro atoms. The minimum absolute atomic E-state index is 0.0497. The number of benzene rings is 1. The molecular formula is C15H19FN4O2. The highest BCUT2D eigenvalue weighted by molar-refractivity contribution is 5.73. The highest BCUT2D eigenvalue weighted by atomic mass is 19.1. The summed E-state index contributed by atoms with van der Waals surface area (Å²) in [5.41, 5.74) is 0.168. The summed E-state index contributed by atoms with van der Waals surface area (Å²) in [4.78, 5) is 11.6. The maximum atomic E-state index is 13.5.